The van der Waals surface area contributed by atoms with Crippen molar-refractivity contribution in [2.75, 3.05) is 11.9 Å². The molecule has 6 nitrogen and oxygen atoms in total. The first-order valence-electron chi connectivity index (χ1n) is 6.18. The number of nitro benzene ring substituents is 1. The number of non-ortho nitro benzene ring substituents is 1. The normalized spacial score (nSPS) is 10.2. The molecule has 1 N–H and O–H groups in total. The lowest BCUT2D eigenvalue weighted by Crippen LogP contribution is -2.21. The molecule has 9 heteroatoms. The van der Waals surface area contributed by atoms with Crippen molar-refractivity contribution in [3.63, 3.8) is 0 Å². The molecule has 0 radical (unpaired) electrons. The van der Waals surface area contributed by atoms with Gasteiger partial charge in [-0.2, -0.15) is 0 Å². The molecule has 0 saturated heterocycles. The Kier molecular flexibility index (Phi) is 5.51. The van der Waals surface area contributed by atoms with Crippen molar-refractivity contribution in [2.24, 2.45) is 0 Å². The van der Waals surface area contributed by atoms with E-state index in [1.54, 1.807) is 18.2 Å². The van der Waals surface area contributed by atoms with E-state index in [0.717, 1.165) is 22.7 Å². The summed E-state index contributed by atoms with van der Waals surface area (Å²) in [6, 6.07) is 7.67. The number of amides is 1. The van der Waals surface area contributed by atoms with Gasteiger partial charge in [0.25, 0.3) is 11.6 Å². The third-order valence-electron chi connectivity index (χ3n) is 2.69. The molecule has 0 spiro atoms. The second-order valence-corrected chi connectivity index (χ2v) is 5.66. The first-order valence-corrected chi connectivity index (χ1v) is 7.35. The summed E-state index contributed by atoms with van der Waals surface area (Å²) in [6.45, 7) is -0.427. The maximum absolute atomic E-state index is 13.6. The van der Waals surface area contributed by atoms with Crippen molar-refractivity contribution < 1.29 is 18.8 Å². The number of hydrogen-bond acceptors (Lipinski definition) is 4. The van der Waals surface area contributed by atoms with Gasteiger partial charge >= 0.3 is 0 Å². The molecule has 0 aliphatic heterocycles. The molecule has 0 bridgehead atoms. The highest BCUT2D eigenvalue weighted by atomic mass is 79.9. The van der Waals surface area contributed by atoms with Crippen LogP contribution in [0.3, 0.4) is 0 Å². The zero-order valence-corrected chi connectivity index (χ0v) is 13.7. The quantitative estimate of drug-likeness (QED) is 0.600. The van der Waals surface area contributed by atoms with Crippen LogP contribution < -0.4 is 10.1 Å². The summed E-state index contributed by atoms with van der Waals surface area (Å²) in [5, 5.41) is 13.2. The van der Waals surface area contributed by atoms with E-state index in [4.69, 9.17) is 16.3 Å². The third kappa shape index (κ3) is 4.64. The Labute approximate surface area is 143 Å². The van der Waals surface area contributed by atoms with Gasteiger partial charge in [0.05, 0.1) is 15.6 Å². The first-order chi connectivity index (χ1) is 10.9. The van der Waals surface area contributed by atoms with Gasteiger partial charge in [0.15, 0.2) is 6.61 Å². The molecule has 1 amide bonds. The Balaban J connectivity index is 2.02. The van der Waals surface area contributed by atoms with Gasteiger partial charge in [-0.25, -0.2) is 4.39 Å². The van der Waals surface area contributed by atoms with Crippen molar-refractivity contribution in [1.82, 2.24) is 0 Å². The molecule has 23 heavy (non-hydrogen) atoms. The minimum atomic E-state index is -0.786. The lowest BCUT2D eigenvalue weighted by atomic mass is 10.2. The molecule has 0 fully saturated rings. The minimum Gasteiger partial charge on any atom is -0.482 e. The second kappa shape index (κ2) is 7.38. The molecule has 0 unspecified atom stereocenters. The number of halogens is 3. The second-order valence-electron chi connectivity index (χ2n) is 4.33. The van der Waals surface area contributed by atoms with Gasteiger partial charge in [0, 0.05) is 16.6 Å². The largest absolute Gasteiger partial charge is 0.482 e. The number of anilines is 1. The predicted molar refractivity (Wildman–Crippen MR) is 86.3 cm³/mol. The third-order valence-corrected chi connectivity index (χ3v) is 3.48. The fourth-order valence-corrected chi connectivity index (χ4v) is 2.37. The SMILES string of the molecule is O=C(COc1ccc(Br)cc1Cl)Nc1cc([N+](=O)[O-])ccc1F. The van der Waals surface area contributed by atoms with Crippen LogP contribution in [0, 0.1) is 15.9 Å². The van der Waals surface area contributed by atoms with Crippen LogP contribution in [0.5, 0.6) is 5.75 Å². The molecule has 0 atom stereocenters. The van der Waals surface area contributed by atoms with Crippen molar-refractivity contribution in [3.8, 4) is 5.75 Å². The summed E-state index contributed by atoms with van der Waals surface area (Å²) in [7, 11) is 0. The number of hydrogen-bond donors (Lipinski definition) is 1. The predicted octanol–water partition coefficient (Wildman–Crippen LogP) is 4.17. The number of rotatable bonds is 5. The Hall–Kier alpha value is -2.19. The summed E-state index contributed by atoms with van der Waals surface area (Å²) in [6.07, 6.45) is 0. The van der Waals surface area contributed by atoms with E-state index in [9.17, 15) is 19.3 Å². The van der Waals surface area contributed by atoms with Crippen LogP contribution in [-0.2, 0) is 4.79 Å². The number of nitrogens with zero attached hydrogens (tertiary/aromatic N) is 1. The Morgan fingerprint density at radius 1 is 1.35 bits per heavy atom. The van der Waals surface area contributed by atoms with Crippen LogP contribution in [0.15, 0.2) is 40.9 Å². The average molecular weight is 404 g/mol. The van der Waals surface area contributed by atoms with Gasteiger partial charge < -0.3 is 10.1 Å². The summed E-state index contributed by atoms with van der Waals surface area (Å²) in [5.41, 5.74) is -0.631. The van der Waals surface area contributed by atoms with Crippen LogP contribution in [0.25, 0.3) is 0 Å². The van der Waals surface area contributed by atoms with Crippen LogP contribution in [0.2, 0.25) is 5.02 Å². The van der Waals surface area contributed by atoms with Gasteiger partial charge in [-0.1, -0.05) is 27.5 Å². The van der Waals surface area contributed by atoms with Crippen LogP contribution in [0.4, 0.5) is 15.8 Å². The minimum absolute atomic E-state index is 0.282. The zero-order chi connectivity index (χ0) is 17.0. The Morgan fingerprint density at radius 3 is 2.74 bits per heavy atom. The molecule has 120 valence electrons. The number of nitro groups is 1. The number of nitrogens with one attached hydrogen (secondary N) is 1. The summed E-state index contributed by atoms with van der Waals surface area (Å²) in [5.74, 6) is -1.18. The van der Waals surface area contributed by atoms with E-state index in [1.165, 1.54) is 0 Å². The van der Waals surface area contributed by atoms with E-state index >= 15 is 0 Å². The molecule has 0 aliphatic carbocycles. The van der Waals surface area contributed by atoms with Gasteiger partial charge in [-0.3, -0.25) is 14.9 Å². The molecule has 0 aliphatic rings. The molecule has 2 aromatic carbocycles. The molecule has 0 aromatic heterocycles. The van der Waals surface area contributed by atoms with E-state index < -0.39 is 23.3 Å². The van der Waals surface area contributed by atoms with Crippen LogP contribution >= 0.6 is 27.5 Å². The van der Waals surface area contributed by atoms with Crippen molar-refractivity contribution in [3.05, 3.63) is 61.8 Å². The highest BCUT2D eigenvalue weighted by molar-refractivity contribution is 9.10. The fourth-order valence-electron chi connectivity index (χ4n) is 1.64. The highest BCUT2D eigenvalue weighted by Gasteiger charge is 2.14. The van der Waals surface area contributed by atoms with Crippen molar-refractivity contribution >= 4 is 44.8 Å². The topological polar surface area (TPSA) is 81.5 Å². The van der Waals surface area contributed by atoms with Crippen LogP contribution in [-0.4, -0.2) is 17.4 Å². The van der Waals surface area contributed by atoms with Crippen molar-refractivity contribution in [2.45, 2.75) is 0 Å². The fraction of sp³-hybridized carbons (Fsp3) is 0.0714. The van der Waals surface area contributed by atoms with Crippen molar-refractivity contribution in [1.29, 1.82) is 0 Å². The standard InChI is InChI=1S/C14H9BrClFN2O4/c15-8-1-4-13(10(16)5-8)23-7-14(20)18-12-6-9(19(21)22)2-3-11(12)17/h1-6H,7H2,(H,18,20). The van der Waals surface area contributed by atoms with E-state index in [0.29, 0.717) is 5.02 Å². The monoisotopic (exact) mass is 402 g/mol. The molecular weight excluding hydrogens is 395 g/mol. The maximum Gasteiger partial charge on any atom is 0.271 e. The van der Waals surface area contributed by atoms with E-state index in [-0.39, 0.29) is 17.1 Å². The molecule has 0 heterocycles. The molecule has 0 saturated carbocycles. The summed E-state index contributed by atoms with van der Waals surface area (Å²) >= 11 is 9.16. The van der Waals surface area contributed by atoms with Gasteiger partial charge in [-0.05, 0) is 24.3 Å². The van der Waals surface area contributed by atoms with Crippen LogP contribution in [0.1, 0.15) is 0 Å². The number of carbonyl (C=O) groups excluding carboxylic acids is 1. The first kappa shape index (κ1) is 17.2. The average Bonchev–Trinajstić information content (AvgIpc) is 2.48. The highest BCUT2D eigenvalue weighted by Crippen LogP contribution is 2.27. The smallest absolute Gasteiger partial charge is 0.271 e. The lowest BCUT2D eigenvalue weighted by Gasteiger charge is -2.09. The number of benzene rings is 2. The lowest BCUT2D eigenvalue weighted by molar-refractivity contribution is -0.384. The molecular formula is C14H9BrClFN2O4. The maximum atomic E-state index is 13.6. The zero-order valence-electron chi connectivity index (χ0n) is 11.4. The molecule has 2 rings (SSSR count). The van der Waals surface area contributed by atoms with Gasteiger partial charge in [0.2, 0.25) is 0 Å². The number of carbonyl (C=O) groups is 1. The molecule has 2 aromatic rings. The summed E-state index contributed by atoms with van der Waals surface area (Å²) < 4.78 is 19.5. The van der Waals surface area contributed by atoms with E-state index in [1.807, 2.05) is 0 Å². The Morgan fingerprint density at radius 2 is 2.09 bits per heavy atom. The van der Waals surface area contributed by atoms with Gasteiger partial charge in [-0.15, -0.1) is 0 Å². The summed E-state index contributed by atoms with van der Waals surface area (Å²) in [4.78, 5) is 21.7. The van der Waals surface area contributed by atoms with E-state index in [2.05, 4.69) is 21.2 Å². The Bertz CT molecular complexity index is 772. The number of ether oxygens (including phenoxy) is 1. The van der Waals surface area contributed by atoms with Gasteiger partial charge in [0.1, 0.15) is 11.6 Å².